The van der Waals surface area contributed by atoms with Crippen LogP contribution in [0, 0.1) is 0 Å². The van der Waals surface area contributed by atoms with Gasteiger partial charge < -0.3 is 5.84 Å². The molecule has 0 aliphatic heterocycles. The monoisotopic (exact) mass is 164 g/mol. The number of rotatable bonds is 2. The summed E-state index contributed by atoms with van der Waals surface area (Å²) in [5.41, 5.74) is -0.869. The lowest BCUT2D eigenvalue weighted by Crippen LogP contribution is -2.09. The molecule has 0 aromatic heterocycles. The Morgan fingerprint density at radius 2 is 2.00 bits per heavy atom. The van der Waals surface area contributed by atoms with Crippen molar-refractivity contribution in [3.63, 3.8) is 0 Å². The van der Waals surface area contributed by atoms with Crippen LogP contribution >= 0.6 is 0 Å². The molecule has 0 radical (unpaired) electrons. The molecule has 0 aromatic carbocycles. The fraction of sp³-hybridized carbons (Fsp3) is 0.167. The number of hydrogen-bond donors (Lipinski definition) is 1. The number of hydrogen-bond acceptors (Lipinski definition) is 2. The lowest BCUT2D eigenvalue weighted by atomic mass is 10.2. The SMILES string of the molecule is C=C/C(=C\C=N\N)C(F)(F)F. The molecular formula is C6H7F3N2. The molecule has 0 aromatic rings. The van der Waals surface area contributed by atoms with Crippen molar-refractivity contribution >= 4 is 6.21 Å². The van der Waals surface area contributed by atoms with Gasteiger partial charge in [-0.1, -0.05) is 12.7 Å². The van der Waals surface area contributed by atoms with E-state index in [2.05, 4.69) is 17.5 Å². The minimum Gasteiger partial charge on any atom is -0.323 e. The van der Waals surface area contributed by atoms with E-state index in [4.69, 9.17) is 0 Å². The van der Waals surface area contributed by atoms with E-state index in [0.717, 1.165) is 12.3 Å². The summed E-state index contributed by atoms with van der Waals surface area (Å²) in [7, 11) is 0. The van der Waals surface area contributed by atoms with E-state index in [1.165, 1.54) is 0 Å². The van der Waals surface area contributed by atoms with Crippen LogP contribution in [-0.2, 0) is 0 Å². The smallest absolute Gasteiger partial charge is 0.323 e. The molecule has 5 heteroatoms. The molecule has 0 aliphatic rings. The number of alkyl halides is 3. The van der Waals surface area contributed by atoms with E-state index in [1.807, 2.05) is 0 Å². The van der Waals surface area contributed by atoms with Gasteiger partial charge in [0.2, 0.25) is 0 Å². The number of halogens is 3. The van der Waals surface area contributed by atoms with Gasteiger partial charge in [-0.15, -0.1) is 0 Å². The fourth-order valence-electron chi connectivity index (χ4n) is 0.402. The van der Waals surface area contributed by atoms with Gasteiger partial charge in [0.1, 0.15) is 0 Å². The lowest BCUT2D eigenvalue weighted by molar-refractivity contribution is -0.0880. The molecule has 0 unspecified atom stereocenters. The van der Waals surface area contributed by atoms with Crippen LogP contribution in [0.15, 0.2) is 29.4 Å². The highest BCUT2D eigenvalue weighted by Crippen LogP contribution is 2.25. The third-order valence-corrected chi connectivity index (χ3v) is 0.887. The van der Waals surface area contributed by atoms with E-state index < -0.39 is 11.7 Å². The summed E-state index contributed by atoms with van der Waals surface area (Å²) in [5, 5.41) is 2.89. The Morgan fingerprint density at radius 1 is 1.45 bits per heavy atom. The number of hydrazone groups is 1. The van der Waals surface area contributed by atoms with Crippen LogP contribution in [0.1, 0.15) is 0 Å². The first-order valence-electron chi connectivity index (χ1n) is 2.65. The Morgan fingerprint density at radius 3 is 2.27 bits per heavy atom. The Labute approximate surface area is 61.9 Å². The molecule has 0 rings (SSSR count). The predicted octanol–water partition coefficient (Wildman–Crippen LogP) is 1.61. The first-order valence-corrected chi connectivity index (χ1v) is 2.65. The summed E-state index contributed by atoms with van der Waals surface area (Å²) in [6.07, 6.45) is -2.10. The molecule has 2 nitrogen and oxygen atoms in total. The van der Waals surface area contributed by atoms with Gasteiger partial charge in [-0.05, 0) is 6.08 Å². The molecule has 62 valence electrons. The molecule has 11 heavy (non-hydrogen) atoms. The first kappa shape index (κ1) is 9.74. The summed E-state index contributed by atoms with van der Waals surface area (Å²) in [4.78, 5) is 0. The van der Waals surface area contributed by atoms with Crippen LogP contribution in [0.5, 0.6) is 0 Å². The van der Waals surface area contributed by atoms with Gasteiger partial charge in [0, 0.05) is 6.21 Å². The van der Waals surface area contributed by atoms with Crippen molar-refractivity contribution in [2.24, 2.45) is 10.9 Å². The maximum atomic E-state index is 11.8. The molecule has 0 amide bonds. The van der Waals surface area contributed by atoms with Gasteiger partial charge in [0.25, 0.3) is 0 Å². The molecule has 0 bridgehead atoms. The molecular weight excluding hydrogens is 157 g/mol. The van der Waals surface area contributed by atoms with E-state index in [-0.39, 0.29) is 0 Å². The summed E-state index contributed by atoms with van der Waals surface area (Å²) < 4.78 is 35.4. The van der Waals surface area contributed by atoms with Gasteiger partial charge in [-0.2, -0.15) is 18.3 Å². The summed E-state index contributed by atoms with van der Waals surface area (Å²) in [6.45, 7) is 2.99. The standard InChI is InChI=1S/C6H7F3N2/c1-2-5(3-4-11-10)6(7,8)9/h2-4H,1,10H2/b5-3+,11-4+. The fourth-order valence-corrected chi connectivity index (χ4v) is 0.402. The Balaban J connectivity index is 4.53. The van der Waals surface area contributed by atoms with Crippen molar-refractivity contribution in [2.75, 3.05) is 0 Å². The van der Waals surface area contributed by atoms with Gasteiger partial charge in [0.15, 0.2) is 0 Å². The minimum atomic E-state index is -4.39. The molecule has 0 saturated carbocycles. The summed E-state index contributed by atoms with van der Waals surface area (Å²) in [5.74, 6) is 4.60. The zero-order valence-corrected chi connectivity index (χ0v) is 5.60. The van der Waals surface area contributed by atoms with Gasteiger partial charge >= 0.3 is 6.18 Å². The van der Waals surface area contributed by atoms with Crippen LogP contribution in [0.4, 0.5) is 13.2 Å². The van der Waals surface area contributed by atoms with Gasteiger partial charge in [-0.3, -0.25) is 0 Å². The van der Waals surface area contributed by atoms with Crippen LogP contribution < -0.4 is 5.84 Å². The summed E-state index contributed by atoms with van der Waals surface area (Å²) >= 11 is 0. The van der Waals surface area contributed by atoms with Crippen molar-refractivity contribution in [2.45, 2.75) is 6.18 Å². The second-order valence-corrected chi connectivity index (χ2v) is 1.62. The topological polar surface area (TPSA) is 38.4 Å². The third-order valence-electron chi connectivity index (χ3n) is 0.887. The van der Waals surface area contributed by atoms with E-state index in [1.54, 1.807) is 0 Å². The van der Waals surface area contributed by atoms with E-state index in [9.17, 15) is 13.2 Å². The van der Waals surface area contributed by atoms with E-state index in [0.29, 0.717) is 6.08 Å². The summed E-state index contributed by atoms with van der Waals surface area (Å²) in [6, 6.07) is 0. The maximum Gasteiger partial charge on any atom is 0.416 e. The van der Waals surface area contributed by atoms with Crippen molar-refractivity contribution in [3.8, 4) is 0 Å². The molecule has 0 atom stereocenters. The second-order valence-electron chi connectivity index (χ2n) is 1.62. The minimum absolute atomic E-state index is 0.696. The molecule has 0 aliphatic carbocycles. The Bertz CT molecular complexity index is 190. The number of allylic oxidation sites excluding steroid dienone is 3. The average Bonchev–Trinajstić information content (AvgIpc) is 1.87. The van der Waals surface area contributed by atoms with Crippen molar-refractivity contribution < 1.29 is 13.2 Å². The zero-order chi connectivity index (χ0) is 8.91. The number of nitrogens with zero attached hydrogens (tertiary/aromatic N) is 1. The van der Waals surface area contributed by atoms with Crippen LogP contribution in [-0.4, -0.2) is 12.4 Å². The van der Waals surface area contributed by atoms with Gasteiger partial charge in [-0.25, -0.2) is 0 Å². The first-order chi connectivity index (χ1) is 5.02. The van der Waals surface area contributed by atoms with Crippen LogP contribution in [0.3, 0.4) is 0 Å². The number of nitrogens with two attached hydrogens (primary N) is 1. The lowest BCUT2D eigenvalue weighted by Gasteiger charge is -2.04. The molecule has 0 heterocycles. The van der Waals surface area contributed by atoms with Crippen molar-refractivity contribution in [1.29, 1.82) is 0 Å². The highest BCUT2D eigenvalue weighted by Gasteiger charge is 2.30. The third kappa shape index (κ3) is 3.44. The second kappa shape index (κ2) is 3.80. The molecule has 2 N–H and O–H groups in total. The Hall–Kier alpha value is -1.26. The molecule has 0 saturated heterocycles. The quantitative estimate of drug-likeness (QED) is 0.286. The Kier molecular flexibility index (Phi) is 3.36. The average molecular weight is 164 g/mol. The highest BCUT2D eigenvalue weighted by molar-refractivity contribution is 5.73. The maximum absolute atomic E-state index is 11.8. The van der Waals surface area contributed by atoms with Crippen molar-refractivity contribution in [1.82, 2.24) is 0 Å². The largest absolute Gasteiger partial charge is 0.416 e. The van der Waals surface area contributed by atoms with Gasteiger partial charge in [0.05, 0.1) is 5.57 Å². The van der Waals surface area contributed by atoms with Crippen LogP contribution in [0.25, 0.3) is 0 Å². The zero-order valence-electron chi connectivity index (χ0n) is 5.60. The molecule has 0 spiro atoms. The highest BCUT2D eigenvalue weighted by atomic mass is 19.4. The van der Waals surface area contributed by atoms with E-state index >= 15 is 0 Å². The predicted molar refractivity (Wildman–Crippen MR) is 37.0 cm³/mol. The normalized spacial score (nSPS) is 13.9. The molecule has 0 fully saturated rings. The van der Waals surface area contributed by atoms with Crippen LogP contribution in [0.2, 0.25) is 0 Å². The van der Waals surface area contributed by atoms with Crippen molar-refractivity contribution in [3.05, 3.63) is 24.3 Å².